The number of aliphatic hydroxyl groups is 3. The largest absolute Gasteiger partial charge is 0.507 e. The van der Waals surface area contributed by atoms with Gasteiger partial charge in [-0.05, 0) is 32.0 Å². The Morgan fingerprint density at radius 3 is 2.21 bits per heavy atom. The molecule has 3 rings (SSSR count). The number of carbonyl (C=O) groups excluding carboxylic acids is 3. The van der Waals surface area contributed by atoms with E-state index in [9.17, 15) is 34.8 Å². The van der Waals surface area contributed by atoms with Crippen LogP contribution in [0.3, 0.4) is 0 Å². The molecule has 1 heterocycles. The molecule has 10 heteroatoms. The first-order valence-corrected chi connectivity index (χ1v) is 10.6. The number of cyclic esters (lactones) is 1. The van der Waals surface area contributed by atoms with Gasteiger partial charge in [0.15, 0.2) is 17.6 Å². The zero-order valence-electron chi connectivity index (χ0n) is 18.6. The molecule has 34 heavy (non-hydrogen) atoms. The van der Waals surface area contributed by atoms with E-state index in [1.54, 1.807) is 6.07 Å². The first kappa shape index (κ1) is 24.6. The molecule has 0 aromatic heterocycles. The second-order valence-corrected chi connectivity index (χ2v) is 7.43. The Balaban J connectivity index is 1.88. The predicted molar refractivity (Wildman–Crippen MR) is 120 cm³/mol. The predicted octanol–water partition coefficient (Wildman–Crippen LogP) is 2.24. The summed E-state index contributed by atoms with van der Waals surface area (Å²) in [5.41, 5.74) is 0.473. The summed E-state index contributed by atoms with van der Waals surface area (Å²) in [4.78, 5) is 39.4. The molecule has 1 aliphatic heterocycles. The zero-order valence-corrected chi connectivity index (χ0v) is 18.6. The average molecular weight is 471 g/mol. The van der Waals surface area contributed by atoms with E-state index in [0.29, 0.717) is 13.1 Å². The number of nitrogens with zero attached hydrogens (tertiary/aromatic N) is 1. The monoisotopic (exact) mass is 471 g/mol. The Morgan fingerprint density at radius 1 is 1.03 bits per heavy atom. The molecule has 0 amide bonds. The molecule has 2 aromatic rings. The molecule has 2 aromatic carbocycles. The number of phenolic OH excluding ortho intramolecular Hbond substituents is 1. The lowest BCUT2D eigenvalue weighted by Gasteiger charge is -2.22. The van der Waals surface area contributed by atoms with Gasteiger partial charge in [-0.3, -0.25) is 4.79 Å². The topological polar surface area (TPSA) is 154 Å². The van der Waals surface area contributed by atoms with Gasteiger partial charge in [0.2, 0.25) is 11.9 Å². The number of hydrogen-bond acceptors (Lipinski definition) is 10. The minimum atomic E-state index is -1.60. The van der Waals surface area contributed by atoms with E-state index in [1.807, 2.05) is 18.7 Å². The third-order valence-corrected chi connectivity index (χ3v) is 5.46. The van der Waals surface area contributed by atoms with Gasteiger partial charge in [0.1, 0.15) is 5.75 Å². The lowest BCUT2D eigenvalue weighted by molar-refractivity contribution is -0.148. The summed E-state index contributed by atoms with van der Waals surface area (Å²) in [6.07, 6.45) is -3.13. The van der Waals surface area contributed by atoms with Gasteiger partial charge in [0, 0.05) is 30.4 Å². The molecule has 10 nitrogen and oxygen atoms in total. The van der Waals surface area contributed by atoms with Crippen LogP contribution < -0.4 is 4.90 Å². The maximum atomic E-state index is 13.2. The second-order valence-electron chi connectivity index (χ2n) is 7.43. The smallest absolute Gasteiger partial charge is 0.378 e. The van der Waals surface area contributed by atoms with Crippen LogP contribution in [-0.4, -0.2) is 70.1 Å². The van der Waals surface area contributed by atoms with Gasteiger partial charge in [0.25, 0.3) is 0 Å². The standard InChI is InChI=1S/C24H25NO9/c1-3-25(4-2)13-9-10-16(17(27)11-13)19(28)14-7-5-6-8-15(14)23(31)33-18(12-26)22-20(29)21(30)24(32)34-22/h5-11,18,22,26-27,29-30H,3-4,12H2,1-2H3. The normalized spacial score (nSPS) is 16.2. The van der Waals surface area contributed by atoms with Crippen molar-refractivity contribution in [3.8, 4) is 5.75 Å². The van der Waals surface area contributed by atoms with Crippen molar-refractivity contribution in [3.63, 3.8) is 0 Å². The maximum absolute atomic E-state index is 13.2. The van der Waals surface area contributed by atoms with Gasteiger partial charge in [-0.25, -0.2) is 9.59 Å². The van der Waals surface area contributed by atoms with Crippen molar-refractivity contribution in [1.82, 2.24) is 0 Å². The van der Waals surface area contributed by atoms with Crippen molar-refractivity contribution in [3.05, 3.63) is 70.7 Å². The highest BCUT2D eigenvalue weighted by Gasteiger charge is 2.42. The van der Waals surface area contributed by atoms with E-state index in [1.165, 1.54) is 36.4 Å². The van der Waals surface area contributed by atoms with E-state index in [2.05, 4.69) is 0 Å². The third-order valence-electron chi connectivity index (χ3n) is 5.46. The van der Waals surface area contributed by atoms with Crippen molar-refractivity contribution < 1.29 is 44.3 Å². The summed E-state index contributed by atoms with van der Waals surface area (Å²) in [5, 5.41) is 39.4. The molecule has 180 valence electrons. The Bertz CT molecular complexity index is 1140. The van der Waals surface area contributed by atoms with E-state index in [0.717, 1.165) is 5.69 Å². The van der Waals surface area contributed by atoms with Crippen LogP contribution in [0.5, 0.6) is 5.75 Å². The van der Waals surface area contributed by atoms with Gasteiger partial charge in [-0.1, -0.05) is 18.2 Å². The molecule has 0 saturated heterocycles. The molecule has 0 fully saturated rings. The molecule has 0 radical (unpaired) electrons. The van der Waals surface area contributed by atoms with Gasteiger partial charge >= 0.3 is 11.9 Å². The van der Waals surface area contributed by atoms with Crippen LogP contribution >= 0.6 is 0 Å². The van der Waals surface area contributed by atoms with E-state index >= 15 is 0 Å². The number of aliphatic hydroxyl groups excluding tert-OH is 3. The number of ether oxygens (including phenoxy) is 2. The Hall–Kier alpha value is -4.05. The number of benzene rings is 2. The average Bonchev–Trinajstić information content (AvgIpc) is 3.10. The number of anilines is 1. The van der Waals surface area contributed by atoms with Crippen LogP contribution in [0.2, 0.25) is 0 Å². The second kappa shape index (κ2) is 10.3. The highest BCUT2D eigenvalue weighted by molar-refractivity contribution is 6.15. The molecule has 0 aliphatic carbocycles. The molecule has 0 spiro atoms. The van der Waals surface area contributed by atoms with Crippen molar-refractivity contribution >= 4 is 23.4 Å². The molecule has 0 saturated carbocycles. The summed E-state index contributed by atoms with van der Waals surface area (Å²) in [6.45, 7) is 4.51. The van der Waals surface area contributed by atoms with Crippen LogP contribution in [0.4, 0.5) is 5.69 Å². The quantitative estimate of drug-likeness (QED) is 0.316. The highest BCUT2D eigenvalue weighted by Crippen LogP contribution is 2.29. The number of aromatic hydroxyl groups is 1. The summed E-state index contributed by atoms with van der Waals surface area (Å²) < 4.78 is 9.91. The fourth-order valence-electron chi connectivity index (χ4n) is 3.62. The molecular weight excluding hydrogens is 446 g/mol. The summed E-state index contributed by atoms with van der Waals surface area (Å²) in [5.74, 6) is -5.08. The number of rotatable bonds is 9. The SMILES string of the molecule is CCN(CC)c1ccc(C(=O)c2ccccc2C(=O)OC(CO)C2OC(=O)C(O)=C2O)c(O)c1. The lowest BCUT2D eigenvalue weighted by atomic mass is 9.97. The third kappa shape index (κ3) is 4.67. The zero-order chi connectivity index (χ0) is 25.0. The minimum absolute atomic E-state index is 0.0231. The fourth-order valence-corrected chi connectivity index (χ4v) is 3.62. The Kier molecular flexibility index (Phi) is 7.42. The minimum Gasteiger partial charge on any atom is -0.507 e. The van der Waals surface area contributed by atoms with Crippen molar-refractivity contribution in [2.24, 2.45) is 0 Å². The number of esters is 2. The highest BCUT2D eigenvalue weighted by atomic mass is 16.6. The van der Waals surface area contributed by atoms with Crippen LogP contribution in [-0.2, 0) is 14.3 Å². The molecule has 2 atom stereocenters. The van der Waals surface area contributed by atoms with Gasteiger partial charge in [-0.15, -0.1) is 0 Å². The fraction of sp³-hybridized carbons (Fsp3) is 0.292. The number of phenols is 1. The molecule has 1 aliphatic rings. The number of ketones is 1. The summed E-state index contributed by atoms with van der Waals surface area (Å²) in [6, 6.07) is 10.3. The van der Waals surface area contributed by atoms with E-state index in [-0.39, 0.29) is 22.4 Å². The van der Waals surface area contributed by atoms with Crippen molar-refractivity contribution in [2.75, 3.05) is 24.6 Å². The number of carbonyl (C=O) groups is 3. The van der Waals surface area contributed by atoms with Crippen molar-refractivity contribution in [1.29, 1.82) is 0 Å². The van der Waals surface area contributed by atoms with Crippen LogP contribution in [0.1, 0.15) is 40.1 Å². The van der Waals surface area contributed by atoms with E-state index in [4.69, 9.17) is 9.47 Å². The first-order chi connectivity index (χ1) is 16.2. The molecule has 4 N–H and O–H groups in total. The lowest BCUT2D eigenvalue weighted by Crippen LogP contribution is -2.36. The molecule has 2 unspecified atom stereocenters. The maximum Gasteiger partial charge on any atom is 0.378 e. The van der Waals surface area contributed by atoms with Gasteiger partial charge in [0.05, 0.1) is 17.7 Å². The Morgan fingerprint density at radius 2 is 1.68 bits per heavy atom. The summed E-state index contributed by atoms with van der Waals surface area (Å²) >= 11 is 0. The van der Waals surface area contributed by atoms with Crippen LogP contribution in [0.15, 0.2) is 54.0 Å². The number of hydrogen-bond donors (Lipinski definition) is 4. The van der Waals surface area contributed by atoms with E-state index < -0.39 is 48.1 Å². The van der Waals surface area contributed by atoms with Gasteiger partial charge in [-0.2, -0.15) is 0 Å². The molecular formula is C24H25NO9. The first-order valence-electron chi connectivity index (χ1n) is 10.6. The van der Waals surface area contributed by atoms with Crippen LogP contribution in [0.25, 0.3) is 0 Å². The van der Waals surface area contributed by atoms with Crippen LogP contribution in [0, 0.1) is 0 Å². The Labute approximate surface area is 195 Å². The molecule has 0 bridgehead atoms. The van der Waals surface area contributed by atoms with Gasteiger partial charge < -0.3 is 34.8 Å². The van der Waals surface area contributed by atoms with Crippen molar-refractivity contribution in [2.45, 2.75) is 26.1 Å². The summed E-state index contributed by atoms with van der Waals surface area (Å²) in [7, 11) is 0.